The van der Waals surface area contributed by atoms with Crippen LogP contribution in [0.5, 0.6) is 0 Å². The van der Waals surface area contributed by atoms with Crippen LogP contribution in [-0.4, -0.2) is 71.1 Å². The molecule has 3 rings (SSSR count). The number of amides is 4. The van der Waals surface area contributed by atoms with Gasteiger partial charge in [0.1, 0.15) is 12.4 Å². The van der Waals surface area contributed by atoms with Gasteiger partial charge in [0.25, 0.3) is 5.91 Å². The largest absolute Gasteiger partial charge is 0.419 e. The lowest BCUT2D eigenvalue weighted by molar-refractivity contribution is -0.146. The van der Waals surface area contributed by atoms with Crippen molar-refractivity contribution in [2.75, 3.05) is 32.7 Å². The highest BCUT2D eigenvalue weighted by Gasteiger charge is 2.36. The lowest BCUT2D eigenvalue weighted by Crippen LogP contribution is -2.53. The normalized spacial score (nSPS) is 17.9. The minimum atomic E-state index is -4.92. The van der Waals surface area contributed by atoms with Crippen LogP contribution in [0.15, 0.2) is 18.2 Å². The van der Waals surface area contributed by atoms with Crippen LogP contribution in [0.25, 0.3) is 0 Å². The minimum Gasteiger partial charge on any atom is -0.338 e. The summed E-state index contributed by atoms with van der Waals surface area (Å²) in [6, 6.07) is 2.05. The summed E-state index contributed by atoms with van der Waals surface area (Å²) in [5.74, 6) is -3.42. The van der Waals surface area contributed by atoms with E-state index in [9.17, 15) is 36.7 Å². The van der Waals surface area contributed by atoms with E-state index < -0.39 is 41.2 Å². The van der Waals surface area contributed by atoms with Crippen LogP contribution >= 0.6 is 0 Å². The Kier molecular flexibility index (Phi) is 5.58. The Bertz CT molecular complexity index is 847. The Morgan fingerprint density at radius 1 is 0.931 bits per heavy atom. The number of carbonyl (C=O) groups is 4. The zero-order chi connectivity index (χ0) is 21.3. The monoisotopic (exact) mass is 415 g/mol. The van der Waals surface area contributed by atoms with Crippen molar-refractivity contribution in [3.63, 3.8) is 0 Å². The number of hydrogen-bond donors (Lipinski definition) is 0. The molecule has 0 radical (unpaired) electrons. The van der Waals surface area contributed by atoms with Crippen molar-refractivity contribution < 1.29 is 36.7 Å². The van der Waals surface area contributed by atoms with Crippen molar-refractivity contribution in [3.8, 4) is 0 Å². The summed E-state index contributed by atoms with van der Waals surface area (Å²) in [5, 5.41) is 0. The first-order valence-electron chi connectivity index (χ1n) is 8.85. The molecule has 11 heteroatoms. The van der Waals surface area contributed by atoms with E-state index in [0.29, 0.717) is 12.1 Å². The van der Waals surface area contributed by atoms with Gasteiger partial charge >= 0.3 is 6.18 Å². The fraction of sp³-hybridized carbons (Fsp3) is 0.444. The van der Waals surface area contributed by atoms with Crippen LogP contribution in [0, 0.1) is 5.82 Å². The Labute approximate surface area is 162 Å². The van der Waals surface area contributed by atoms with Gasteiger partial charge in [0, 0.05) is 44.6 Å². The molecule has 0 aliphatic carbocycles. The van der Waals surface area contributed by atoms with E-state index in [-0.39, 0.29) is 51.1 Å². The molecule has 0 spiro atoms. The Morgan fingerprint density at radius 3 is 2.03 bits per heavy atom. The fourth-order valence-corrected chi connectivity index (χ4v) is 3.25. The van der Waals surface area contributed by atoms with Gasteiger partial charge in [0.15, 0.2) is 0 Å². The van der Waals surface area contributed by atoms with Crippen LogP contribution in [0.2, 0.25) is 0 Å². The van der Waals surface area contributed by atoms with Gasteiger partial charge in [0.05, 0.1) is 5.56 Å². The van der Waals surface area contributed by atoms with Gasteiger partial charge in [0.2, 0.25) is 17.7 Å². The summed E-state index contributed by atoms with van der Waals surface area (Å²) < 4.78 is 51.9. The SMILES string of the molecule is O=C(CN1C(=O)CCC1=O)N1CCN(C(=O)c2ccc(F)c(C(F)(F)F)c2)CC1. The van der Waals surface area contributed by atoms with Gasteiger partial charge in [-0.25, -0.2) is 4.39 Å². The second-order valence-electron chi connectivity index (χ2n) is 6.74. The highest BCUT2D eigenvalue weighted by atomic mass is 19.4. The number of carbonyl (C=O) groups excluding carboxylic acids is 4. The van der Waals surface area contributed by atoms with Gasteiger partial charge in [-0.1, -0.05) is 0 Å². The van der Waals surface area contributed by atoms with Gasteiger partial charge < -0.3 is 9.80 Å². The fourth-order valence-electron chi connectivity index (χ4n) is 3.25. The first kappa shape index (κ1) is 20.7. The number of halogens is 4. The molecule has 7 nitrogen and oxygen atoms in total. The van der Waals surface area contributed by atoms with Crippen LogP contribution in [0.4, 0.5) is 17.6 Å². The van der Waals surface area contributed by atoms with E-state index in [2.05, 4.69) is 0 Å². The molecule has 2 saturated heterocycles. The van der Waals surface area contributed by atoms with E-state index in [1.807, 2.05) is 0 Å². The molecule has 2 fully saturated rings. The summed E-state index contributed by atoms with van der Waals surface area (Å²) in [5.41, 5.74) is -1.82. The molecule has 0 atom stereocenters. The first-order chi connectivity index (χ1) is 13.6. The number of likely N-dealkylation sites (tertiary alicyclic amines) is 1. The molecular weight excluding hydrogens is 398 g/mol. The Morgan fingerprint density at radius 2 is 1.48 bits per heavy atom. The van der Waals surface area contributed by atoms with Crippen LogP contribution in [-0.2, 0) is 20.6 Å². The third-order valence-electron chi connectivity index (χ3n) is 4.89. The summed E-state index contributed by atoms with van der Waals surface area (Å²) in [4.78, 5) is 51.5. The molecule has 2 heterocycles. The average molecular weight is 415 g/mol. The van der Waals surface area contributed by atoms with Crippen molar-refractivity contribution in [2.45, 2.75) is 19.0 Å². The van der Waals surface area contributed by atoms with E-state index in [4.69, 9.17) is 0 Å². The van der Waals surface area contributed by atoms with Crippen molar-refractivity contribution in [1.29, 1.82) is 0 Å². The standard InChI is InChI=1S/C18H17F4N3O4/c19-13-2-1-11(9-12(13)18(20,21)22)17(29)24-7-5-23(6-8-24)16(28)10-25-14(26)3-4-15(25)27/h1-2,9H,3-8,10H2. The average Bonchev–Trinajstić information content (AvgIpc) is 2.99. The van der Waals surface area contributed by atoms with Crippen molar-refractivity contribution in [3.05, 3.63) is 35.1 Å². The number of imide groups is 1. The molecule has 1 aromatic rings. The first-order valence-corrected chi connectivity index (χ1v) is 8.85. The molecule has 0 bridgehead atoms. The molecule has 0 N–H and O–H groups in total. The topological polar surface area (TPSA) is 78.0 Å². The Balaban J connectivity index is 1.60. The third kappa shape index (κ3) is 4.38. The molecule has 156 valence electrons. The van der Waals surface area contributed by atoms with Crippen molar-refractivity contribution >= 4 is 23.6 Å². The second kappa shape index (κ2) is 7.80. The summed E-state index contributed by atoms with van der Waals surface area (Å²) >= 11 is 0. The zero-order valence-electron chi connectivity index (χ0n) is 15.2. The molecule has 1 aromatic carbocycles. The molecule has 2 aliphatic rings. The van der Waals surface area contributed by atoms with E-state index in [1.54, 1.807) is 0 Å². The van der Waals surface area contributed by atoms with E-state index in [1.165, 1.54) is 9.80 Å². The predicted octanol–water partition coefficient (Wildman–Crippen LogP) is 1.28. The highest BCUT2D eigenvalue weighted by Crippen LogP contribution is 2.32. The van der Waals surface area contributed by atoms with Gasteiger partial charge in [-0.2, -0.15) is 13.2 Å². The number of piperazine rings is 1. The van der Waals surface area contributed by atoms with Crippen LogP contribution < -0.4 is 0 Å². The number of nitrogens with zero attached hydrogens (tertiary/aromatic N) is 3. The molecule has 0 saturated carbocycles. The molecule has 2 aliphatic heterocycles. The molecular formula is C18H17F4N3O4. The predicted molar refractivity (Wildman–Crippen MR) is 89.8 cm³/mol. The van der Waals surface area contributed by atoms with Gasteiger partial charge in [-0.05, 0) is 18.2 Å². The highest BCUT2D eigenvalue weighted by molar-refractivity contribution is 6.04. The van der Waals surface area contributed by atoms with Crippen LogP contribution in [0.1, 0.15) is 28.8 Å². The maximum atomic E-state index is 13.4. The van der Waals surface area contributed by atoms with Crippen molar-refractivity contribution in [2.24, 2.45) is 0 Å². The quantitative estimate of drug-likeness (QED) is 0.551. The number of rotatable bonds is 3. The Hall–Kier alpha value is -2.98. The molecule has 0 aromatic heterocycles. The second-order valence-corrected chi connectivity index (χ2v) is 6.74. The number of alkyl halides is 3. The molecule has 4 amide bonds. The van der Waals surface area contributed by atoms with Gasteiger partial charge in [-0.3, -0.25) is 24.1 Å². The number of hydrogen-bond acceptors (Lipinski definition) is 4. The maximum absolute atomic E-state index is 13.4. The summed E-state index contributed by atoms with van der Waals surface area (Å²) in [6.07, 6.45) is -4.77. The molecule has 29 heavy (non-hydrogen) atoms. The smallest absolute Gasteiger partial charge is 0.338 e. The summed E-state index contributed by atoms with van der Waals surface area (Å²) in [7, 11) is 0. The summed E-state index contributed by atoms with van der Waals surface area (Å²) in [6.45, 7) is -0.0306. The zero-order valence-corrected chi connectivity index (χ0v) is 15.2. The van der Waals surface area contributed by atoms with E-state index in [0.717, 1.165) is 11.0 Å². The van der Waals surface area contributed by atoms with Crippen molar-refractivity contribution in [1.82, 2.24) is 14.7 Å². The number of benzene rings is 1. The van der Waals surface area contributed by atoms with E-state index >= 15 is 0 Å². The van der Waals surface area contributed by atoms with Gasteiger partial charge in [-0.15, -0.1) is 0 Å². The maximum Gasteiger partial charge on any atom is 0.419 e. The molecule has 0 unspecified atom stereocenters. The lowest BCUT2D eigenvalue weighted by Gasteiger charge is -2.35. The third-order valence-corrected chi connectivity index (χ3v) is 4.89. The van der Waals surface area contributed by atoms with Crippen LogP contribution in [0.3, 0.4) is 0 Å². The minimum absolute atomic E-state index is 0.0607. The lowest BCUT2D eigenvalue weighted by atomic mass is 10.1.